The van der Waals surface area contributed by atoms with Crippen molar-refractivity contribution in [3.63, 3.8) is 0 Å². The van der Waals surface area contributed by atoms with Gasteiger partial charge in [0.05, 0.1) is 0 Å². The van der Waals surface area contributed by atoms with Gasteiger partial charge in [0.15, 0.2) is 0 Å². The van der Waals surface area contributed by atoms with E-state index >= 15 is 0 Å². The second-order valence-electron chi connectivity index (χ2n) is 3.08. The Bertz CT molecular complexity index is 459. The lowest BCUT2D eigenvalue weighted by Gasteiger charge is -2.07. The molecule has 0 atom stereocenters. The highest BCUT2D eigenvalue weighted by atomic mass is 19.1. The van der Waals surface area contributed by atoms with Gasteiger partial charge in [-0.05, 0) is 12.1 Å². The number of halogens is 2. The molecule has 0 spiro atoms. The average molecular weight is 209 g/mol. The lowest BCUT2D eigenvalue weighted by atomic mass is 10.3. The zero-order valence-electron chi connectivity index (χ0n) is 8.04. The van der Waals surface area contributed by atoms with Crippen molar-refractivity contribution < 1.29 is 8.78 Å². The minimum Gasteiger partial charge on any atom is -0.321 e. The lowest BCUT2D eigenvalue weighted by Crippen LogP contribution is -2.02. The van der Waals surface area contributed by atoms with E-state index in [1.54, 1.807) is 24.0 Å². The van der Waals surface area contributed by atoms with Crippen molar-refractivity contribution in [1.29, 1.82) is 0 Å². The van der Waals surface area contributed by atoms with Crippen LogP contribution in [-0.4, -0.2) is 9.55 Å². The van der Waals surface area contributed by atoms with E-state index in [0.29, 0.717) is 5.95 Å². The van der Waals surface area contributed by atoms with Crippen molar-refractivity contribution in [2.45, 2.75) is 0 Å². The molecular weight excluding hydrogens is 200 g/mol. The van der Waals surface area contributed by atoms with E-state index in [9.17, 15) is 8.78 Å². The molecule has 0 unspecified atom stereocenters. The number of hydrogen-bond donors (Lipinski definition) is 1. The summed E-state index contributed by atoms with van der Waals surface area (Å²) >= 11 is 0. The highest BCUT2D eigenvalue weighted by Gasteiger charge is 2.09. The molecule has 0 bridgehead atoms. The number of rotatable bonds is 2. The quantitative estimate of drug-likeness (QED) is 0.823. The van der Waals surface area contributed by atoms with Gasteiger partial charge in [-0.1, -0.05) is 6.07 Å². The Morgan fingerprint density at radius 3 is 2.47 bits per heavy atom. The molecule has 1 N–H and O–H groups in total. The van der Waals surface area contributed by atoms with Crippen LogP contribution in [0, 0.1) is 11.6 Å². The zero-order valence-corrected chi connectivity index (χ0v) is 8.04. The van der Waals surface area contributed by atoms with Gasteiger partial charge in [-0.3, -0.25) is 0 Å². The summed E-state index contributed by atoms with van der Waals surface area (Å²) in [5.74, 6) is -0.894. The van der Waals surface area contributed by atoms with Crippen LogP contribution in [0.3, 0.4) is 0 Å². The summed E-state index contributed by atoms with van der Waals surface area (Å²) in [5.41, 5.74) is -0.188. The Balaban J connectivity index is 2.36. The molecule has 1 aromatic heterocycles. The molecule has 5 heteroatoms. The van der Waals surface area contributed by atoms with Crippen LogP contribution >= 0.6 is 0 Å². The van der Waals surface area contributed by atoms with Gasteiger partial charge in [-0.2, -0.15) is 0 Å². The van der Waals surface area contributed by atoms with E-state index in [1.165, 1.54) is 18.2 Å². The van der Waals surface area contributed by atoms with Gasteiger partial charge in [0.25, 0.3) is 0 Å². The molecule has 0 amide bonds. The summed E-state index contributed by atoms with van der Waals surface area (Å²) in [6.45, 7) is 0. The second kappa shape index (κ2) is 3.68. The number of nitrogens with zero attached hydrogens (tertiary/aromatic N) is 2. The van der Waals surface area contributed by atoms with Crippen LogP contribution in [0.15, 0.2) is 30.6 Å². The van der Waals surface area contributed by atoms with Crippen LogP contribution in [-0.2, 0) is 7.05 Å². The molecule has 1 aromatic carbocycles. The number of benzene rings is 1. The number of nitrogens with one attached hydrogen (secondary N) is 1. The van der Waals surface area contributed by atoms with E-state index in [0.717, 1.165) is 0 Å². The normalized spacial score (nSPS) is 10.3. The number of para-hydroxylation sites is 1. The van der Waals surface area contributed by atoms with Crippen molar-refractivity contribution in [2.75, 3.05) is 5.32 Å². The number of aryl methyl sites for hydroxylation is 1. The fourth-order valence-electron chi connectivity index (χ4n) is 1.22. The summed E-state index contributed by atoms with van der Waals surface area (Å²) in [5, 5.41) is 2.59. The molecule has 0 saturated heterocycles. The maximum Gasteiger partial charge on any atom is 0.207 e. The maximum absolute atomic E-state index is 13.2. The molecule has 0 fully saturated rings. The van der Waals surface area contributed by atoms with Gasteiger partial charge < -0.3 is 9.88 Å². The maximum atomic E-state index is 13.2. The minimum absolute atomic E-state index is 0.188. The Kier molecular flexibility index (Phi) is 2.37. The molecule has 2 aromatic rings. The molecule has 0 aliphatic heterocycles. The van der Waals surface area contributed by atoms with Crippen molar-refractivity contribution >= 4 is 11.6 Å². The first-order valence-corrected chi connectivity index (χ1v) is 4.37. The van der Waals surface area contributed by atoms with Crippen LogP contribution in [0.25, 0.3) is 0 Å². The van der Waals surface area contributed by atoms with E-state index in [-0.39, 0.29) is 5.69 Å². The van der Waals surface area contributed by atoms with Crippen LogP contribution < -0.4 is 5.32 Å². The molecule has 15 heavy (non-hydrogen) atoms. The SMILES string of the molecule is Cn1ccnc1Nc1c(F)cccc1F. The van der Waals surface area contributed by atoms with E-state index < -0.39 is 11.6 Å². The summed E-state index contributed by atoms with van der Waals surface area (Å²) in [7, 11) is 1.73. The third kappa shape index (κ3) is 1.81. The summed E-state index contributed by atoms with van der Waals surface area (Å²) in [6.07, 6.45) is 3.22. The molecule has 0 saturated carbocycles. The Morgan fingerprint density at radius 2 is 1.93 bits per heavy atom. The Labute approximate surface area is 85.4 Å². The van der Waals surface area contributed by atoms with Crippen LogP contribution in [0.1, 0.15) is 0 Å². The predicted octanol–water partition coefficient (Wildman–Crippen LogP) is 2.44. The molecule has 2 rings (SSSR count). The first-order chi connectivity index (χ1) is 7.18. The van der Waals surface area contributed by atoms with Gasteiger partial charge in [-0.15, -0.1) is 0 Å². The fraction of sp³-hybridized carbons (Fsp3) is 0.100. The van der Waals surface area contributed by atoms with E-state index in [4.69, 9.17) is 0 Å². The van der Waals surface area contributed by atoms with Crippen molar-refractivity contribution in [2.24, 2.45) is 7.05 Å². The smallest absolute Gasteiger partial charge is 0.207 e. The number of anilines is 2. The van der Waals surface area contributed by atoms with Crippen LogP contribution in [0.5, 0.6) is 0 Å². The first-order valence-electron chi connectivity index (χ1n) is 4.37. The molecule has 0 aliphatic rings. The van der Waals surface area contributed by atoms with Crippen molar-refractivity contribution in [3.8, 4) is 0 Å². The Hall–Kier alpha value is -1.91. The highest BCUT2D eigenvalue weighted by molar-refractivity contribution is 5.55. The zero-order chi connectivity index (χ0) is 10.8. The minimum atomic E-state index is -0.641. The van der Waals surface area contributed by atoms with Gasteiger partial charge in [-0.25, -0.2) is 13.8 Å². The molecule has 3 nitrogen and oxygen atoms in total. The van der Waals surface area contributed by atoms with Gasteiger partial charge in [0.1, 0.15) is 17.3 Å². The monoisotopic (exact) mass is 209 g/mol. The van der Waals surface area contributed by atoms with Crippen LogP contribution in [0.2, 0.25) is 0 Å². The van der Waals surface area contributed by atoms with Crippen molar-refractivity contribution in [3.05, 3.63) is 42.2 Å². The predicted molar refractivity (Wildman–Crippen MR) is 52.8 cm³/mol. The fourth-order valence-corrected chi connectivity index (χ4v) is 1.22. The third-order valence-electron chi connectivity index (χ3n) is 2.02. The van der Waals surface area contributed by atoms with E-state index in [2.05, 4.69) is 10.3 Å². The topological polar surface area (TPSA) is 29.9 Å². The van der Waals surface area contributed by atoms with Gasteiger partial charge >= 0.3 is 0 Å². The molecule has 0 aliphatic carbocycles. The molecule has 78 valence electrons. The first kappa shape index (κ1) is 9.64. The Morgan fingerprint density at radius 1 is 1.27 bits per heavy atom. The van der Waals surface area contributed by atoms with Crippen molar-refractivity contribution in [1.82, 2.24) is 9.55 Å². The molecular formula is C10H9F2N3. The second-order valence-corrected chi connectivity index (χ2v) is 3.08. The average Bonchev–Trinajstić information content (AvgIpc) is 2.58. The number of hydrogen-bond acceptors (Lipinski definition) is 2. The third-order valence-corrected chi connectivity index (χ3v) is 2.02. The largest absolute Gasteiger partial charge is 0.321 e. The lowest BCUT2D eigenvalue weighted by molar-refractivity contribution is 0.590. The molecule has 1 heterocycles. The molecule has 0 radical (unpaired) electrons. The van der Waals surface area contributed by atoms with E-state index in [1.807, 2.05) is 0 Å². The summed E-state index contributed by atoms with van der Waals surface area (Å²) in [6, 6.07) is 3.69. The van der Waals surface area contributed by atoms with Crippen LogP contribution in [0.4, 0.5) is 20.4 Å². The number of imidazole rings is 1. The van der Waals surface area contributed by atoms with Gasteiger partial charge in [0.2, 0.25) is 5.95 Å². The summed E-state index contributed by atoms with van der Waals surface area (Å²) < 4.78 is 28.1. The standard InChI is InChI=1S/C10H9F2N3/c1-15-6-5-13-10(15)14-9-7(11)3-2-4-8(9)12/h2-6H,1H3,(H,13,14). The highest BCUT2D eigenvalue weighted by Crippen LogP contribution is 2.21. The van der Waals surface area contributed by atoms with Gasteiger partial charge in [0, 0.05) is 19.4 Å². The number of aromatic nitrogens is 2. The summed E-state index contributed by atoms with van der Waals surface area (Å²) in [4.78, 5) is 3.91.